The van der Waals surface area contributed by atoms with Crippen LogP contribution in [-0.4, -0.2) is 19.3 Å². The molecule has 25 heavy (non-hydrogen) atoms. The van der Waals surface area contributed by atoms with E-state index in [1.165, 1.54) is 0 Å². The highest BCUT2D eigenvalue weighted by atomic mass is 32.2. The van der Waals surface area contributed by atoms with E-state index in [4.69, 9.17) is 9.66 Å². The van der Waals surface area contributed by atoms with Crippen LogP contribution in [0.3, 0.4) is 0 Å². The molecule has 0 fully saturated rings. The molecule has 0 spiro atoms. The van der Waals surface area contributed by atoms with Crippen molar-refractivity contribution in [3.05, 3.63) is 61.1 Å². The number of hydrogen-bond acceptors (Lipinski definition) is 6. The maximum Gasteiger partial charge on any atom is 0.227 e. The molecule has 0 bridgehead atoms. The Hall–Kier alpha value is -3.10. The Morgan fingerprint density at radius 1 is 1.04 bits per heavy atom. The van der Waals surface area contributed by atoms with E-state index in [2.05, 4.69) is 20.4 Å². The number of aromatic nitrogens is 3. The fraction of sp³-hybridized carbons (Fsp3) is 0. The van der Waals surface area contributed by atoms with Crippen LogP contribution in [0.25, 0.3) is 22.0 Å². The zero-order valence-electron chi connectivity index (χ0n) is 12.9. The number of nitrogens with one attached hydrogen (secondary N) is 1. The lowest BCUT2D eigenvalue weighted by atomic mass is 10.1. The van der Waals surface area contributed by atoms with E-state index in [-0.39, 0.29) is 0 Å². The predicted octanol–water partition coefficient (Wildman–Crippen LogP) is 3.01. The van der Waals surface area contributed by atoms with Gasteiger partial charge < -0.3 is 9.84 Å². The van der Waals surface area contributed by atoms with Gasteiger partial charge in [-0.3, -0.25) is 0 Å². The summed E-state index contributed by atoms with van der Waals surface area (Å²) in [7, 11) is -1.49. The summed E-state index contributed by atoms with van der Waals surface area (Å²) >= 11 is 0. The molecule has 0 aliphatic heterocycles. The summed E-state index contributed by atoms with van der Waals surface area (Å²) < 4.78 is 16.1. The fourth-order valence-corrected chi connectivity index (χ4v) is 2.82. The van der Waals surface area contributed by atoms with Crippen molar-refractivity contribution in [1.29, 1.82) is 0 Å². The van der Waals surface area contributed by atoms with Crippen LogP contribution in [0.2, 0.25) is 0 Å². The van der Waals surface area contributed by atoms with Crippen LogP contribution < -0.4 is 10.5 Å². The van der Waals surface area contributed by atoms with Crippen molar-refractivity contribution in [3.63, 3.8) is 0 Å². The minimum absolute atomic E-state index is 0.469. The number of benzene rings is 2. The molecule has 0 amide bonds. The average molecular weight is 351 g/mol. The smallest absolute Gasteiger partial charge is 0.227 e. The summed E-state index contributed by atoms with van der Waals surface area (Å²) in [5, 5.41) is 13.1. The van der Waals surface area contributed by atoms with Gasteiger partial charge in [-0.15, -0.1) is 0 Å². The van der Waals surface area contributed by atoms with Crippen molar-refractivity contribution in [3.8, 4) is 11.1 Å². The summed E-state index contributed by atoms with van der Waals surface area (Å²) in [5.41, 5.74) is 3.44. The molecule has 2 heterocycles. The quantitative estimate of drug-likeness (QED) is 0.585. The van der Waals surface area contributed by atoms with E-state index >= 15 is 0 Å². The first-order valence-electron chi connectivity index (χ1n) is 7.39. The zero-order valence-corrected chi connectivity index (χ0v) is 13.7. The summed E-state index contributed by atoms with van der Waals surface area (Å²) in [6, 6.07) is 12.8. The van der Waals surface area contributed by atoms with Gasteiger partial charge in [-0.1, -0.05) is 17.3 Å². The van der Waals surface area contributed by atoms with Gasteiger partial charge >= 0.3 is 0 Å². The summed E-state index contributed by atoms with van der Waals surface area (Å²) in [4.78, 5) is 9.41. The molecular formula is C17H13N5O2S. The van der Waals surface area contributed by atoms with Crippen LogP contribution in [0.4, 0.5) is 11.6 Å². The van der Waals surface area contributed by atoms with Gasteiger partial charge in [-0.2, -0.15) is 0 Å². The van der Waals surface area contributed by atoms with Crippen molar-refractivity contribution < 1.29 is 8.73 Å². The molecule has 7 nitrogen and oxygen atoms in total. The summed E-state index contributed by atoms with van der Waals surface area (Å²) in [6.45, 7) is 0. The van der Waals surface area contributed by atoms with E-state index < -0.39 is 11.0 Å². The second-order valence-electron chi connectivity index (χ2n) is 5.33. The van der Waals surface area contributed by atoms with Crippen LogP contribution in [0, 0.1) is 0 Å². The Morgan fingerprint density at radius 3 is 2.60 bits per heavy atom. The fourth-order valence-electron chi connectivity index (χ4n) is 2.41. The Labute approximate surface area is 145 Å². The highest BCUT2D eigenvalue weighted by Crippen LogP contribution is 2.24. The molecule has 2 aromatic heterocycles. The van der Waals surface area contributed by atoms with E-state index in [1.807, 2.05) is 18.2 Å². The maximum absolute atomic E-state index is 11.2. The van der Waals surface area contributed by atoms with Gasteiger partial charge in [-0.05, 0) is 35.9 Å². The molecule has 8 heteroatoms. The Kier molecular flexibility index (Phi) is 3.96. The molecular weight excluding hydrogens is 338 g/mol. The van der Waals surface area contributed by atoms with Crippen molar-refractivity contribution in [1.82, 2.24) is 15.1 Å². The lowest BCUT2D eigenvalue weighted by Crippen LogP contribution is -2.02. The van der Waals surface area contributed by atoms with Gasteiger partial charge in [-0.25, -0.2) is 19.3 Å². The number of anilines is 2. The first kappa shape index (κ1) is 15.4. The Bertz CT molecular complexity index is 1050. The van der Waals surface area contributed by atoms with Crippen molar-refractivity contribution >= 4 is 33.5 Å². The summed E-state index contributed by atoms with van der Waals surface area (Å²) in [5.74, 6) is 0.469. The number of hydrogen-bond donors (Lipinski definition) is 2. The highest BCUT2D eigenvalue weighted by molar-refractivity contribution is 7.82. The van der Waals surface area contributed by atoms with Crippen LogP contribution in [0.5, 0.6) is 0 Å². The lowest BCUT2D eigenvalue weighted by Gasteiger charge is -2.07. The molecule has 0 saturated heterocycles. The highest BCUT2D eigenvalue weighted by Gasteiger charge is 2.05. The number of nitrogens with zero attached hydrogens (tertiary/aromatic N) is 3. The normalized spacial score (nSPS) is 12.2. The average Bonchev–Trinajstić information content (AvgIpc) is 3.16. The first-order valence-corrected chi connectivity index (χ1v) is 8.60. The minimum atomic E-state index is -1.49. The van der Waals surface area contributed by atoms with Gasteiger partial charge in [0.2, 0.25) is 5.95 Å². The van der Waals surface area contributed by atoms with E-state index in [1.54, 1.807) is 42.9 Å². The number of fused-ring (bicyclic) bond motifs is 1. The second-order valence-corrected chi connectivity index (χ2v) is 6.39. The van der Waals surface area contributed by atoms with Crippen molar-refractivity contribution in [2.45, 2.75) is 4.90 Å². The maximum atomic E-state index is 11.2. The van der Waals surface area contributed by atoms with Crippen LogP contribution in [-0.2, 0) is 11.0 Å². The monoisotopic (exact) mass is 351 g/mol. The van der Waals surface area contributed by atoms with E-state index in [9.17, 15) is 4.21 Å². The molecule has 2 aromatic carbocycles. The van der Waals surface area contributed by atoms with Crippen LogP contribution >= 0.6 is 0 Å². The number of rotatable bonds is 4. The third kappa shape index (κ3) is 3.25. The van der Waals surface area contributed by atoms with Crippen molar-refractivity contribution in [2.75, 3.05) is 5.32 Å². The van der Waals surface area contributed by atoms with E-state index in [0.717, 1.165) is 27.7 Å². The van der Waals surface area contributed by atoms with Gasteiger partial charge in [0.1, 0.15) is 17.2 Å². The molecule has 0 radical (unpaired) electrons. The van der Waals surface area contributed by atoms with Crippen molar-refractivity contribution in [2.24, 2.45) is 5.14 Å². The molecule has 1 unspecified atom stereocenters. The van der Waals surface area contributed by atoms with Crippen LogP contribution in [0.15, 0.2) is 70.5 Å². The lowest BCUT2D eigenvalue weighted by molar-refractivity contribution is 0.420. The van der Waals surface area contributed by atoms with E-state index in [0.29, 0.717) is 10.8 Å². The molecule has 0 aliphatic carbocycles. The molecule has 0 aliphatic rings. The van der Waals surface area contributed by atoms with Gasteiger partial charge in [0.05, 0.1) is 16.6 Å². The predicted molar refractivity (Wildman–Crippen MR) is 95.4 cm³/mol. The summed E-state index contributed by atoms with van der Waals surface area (Å²) in [6.07, 6.45) is 5.00. The standard InChI is InChI=1S/C17H13N5O2S/c18-25(23)15-5-3-14(4-6-15)21-17-19-8-12-2-1-11(7-16(12)22-17)13-9-20-24-10-13/h1-10H,18H2,(H,19,21,22). The molecule has 3 N–H and O–H groups in total. The SMILES string of the molecule is NS(=O)c1ccc(Nc2ncc3ccc(-c4cnoc4)cc3n2)cc1. The third-order valence-electron chi connectivity index (χ3n) is 3.69. The molecule has 0 saturated carbocycles. The first-order chi connectivity index (χ1) is 12.2. The molecule has 4 rings (SSSR count). The molecule has 4 aromatic rings. The largest absolute Gasteiger partial charge is 0.364 e. The second kappa shape index (κ2) is 6.42. The minimum Gasteiger partial charge on any atom is -0.364 e. The zero-order chi connectivity index (χ0) is 17.2. The Morgan fingerprint density at radius 2 is 1.88 bits per heavy atom. The van der Waals surface area contributed by atoms with Gasteiger partial charge in [0.25, 0.3) is 0 Å². The Balaban J connectivity index is 1.64. The van der Waals surface area contributed by atoms with Crippen LogP contribution in [0.1, 0.15) is 0 Å². The topological polar surface area (TPSA) is 107 Å². The van der Waals surface area contributed by atoms with Gasteiger partial charge in [0, 0.05) is 22.8 Å². The molecule has 124 valence electrons. The molecule has 1 atom stereocenters. The number of nitrogens with two attached hydrogens (primary N) is 1. The third-order valence-corrected chi connectivity index (χ3v) is 4.43. The van der Waals surface area contributed by atoms with Gasteiger partial charge in [0.15, 0.2) is 0 Å².